The molecule has 1 atom stereocenters. The van der Waals surface area contributed by atoms with Gasteiger partial charge in [0, 0.05) is 10.5 Å². The van der Waals surface area contributed by atoms with Crippen molar-refractivity contribution in [2.75, 3.05) is 0 Å². The maximum Gasteiger partial charge on any atom is 0.390 e. The average Bonchev–Trinajstić information content (AvgIpc) is 1.99. The zero-order valence-corrected chi connectivity index (χ0v) is 10.3. The maximum absolute atomic E-state index is 12.7. The first-order valence-electron chi connectivity index (χ1n) is 4.07. The molecule has 0 spiro atoms. The van der Waals surface area contributed by atoms with E-state index in [9.17, 15) is 17.6 Å². The molecule has 0 aliphatic rings. The lowest BCUT2D eigenvalue weighted by molar-refractivity contribution is -0.138. The molecule has 2 N–H and O–H groups in total. The SMILES string of the molecule is Cl.N[C@@H](CC(F)(F)F)c1ccc(F)cc1Br. The predicted octanol–water partition coefficient (Wildman–Crippen LogP) is 3.96. The molecule has 0 saturated carbocycles. The van der Waals surface area contributed by atoms with Crippen molar-refractivity contribution in [1.82, 2.24) is 0 Å². The zero-order chi connectivity index (χ0) is 11.6. The van der Waals surface area contributed by atoms with Gasteiger partial charge in [0.1, 0.15) is 5.82 Å². The molecule has 16 heavy (non-hydrogen) atoms. The second-order valence-electron chi connectivity index (χ2n) is 3.09. The summed E-state index contributed by atoms with van der Waals surface area (Å²) in [7, 11) is 0. The molecule has 7 heteroatoms. The third kappa shape index (κ3) is 4.67. The molecule has 1 aromatic carbocycles. The fourth-order valence-corrected chi connectivity index (χ4v) is 1.81. The van der Waals surface area contributed by atoms with Crippen molar-refractivity contribution >= 4 is 28.3 Å². The van der Waals surface area contributed by atoms with Crippen LogP contribution in [0.3, 0.4) is 0 Å². The van der Waals surface area contributed by atoms with Crippen LogP contribution < -0.4 is 5.73 Å². The van der Waals surface area contributed by atoms with E-state index in [1.165, 1.54) is 6.07 Å². The summed E-state index contributed by atoms with van der Waals surface area (Å²) in [6.45, 7) is 0. The van der Waals surface area contributed by atoms with Gasteiger partial charge in [0.25, 0.3) is 0 Å². The number of nitrogens with two attached hydrogens (primary N) is 1. The molecular weight excluding hydrogens is 313 g/mol. The highest BCUT2D eigenvalue weighted by molar-refractivity contribution is 9.10. The van der Waals surface area contributed by atoms with E-state index in [4.69, 9.17) is 5.73 Å². The average molecular weight is 323 g/mol. The highest BCUT2D eigenvalue weighted by Crippen LogP contribution is 2.31. The van der Waals surface area contributed by atoms with E-state index >= 15 is 0 Å². The van der Waals surface area contributed by atoms with Crippen LogP contribution in [-0.2, 0) is 0 Å². The lowest BCUT2D eigenvalue weighted by atomic mass is 10.0. The van der Waals surface area contributed by atoms with E-state index in [1.54, 1.807) is 0 Å². The van der Waals surface area contributed by atoms with Gasteiger partial charge in [-0.25, -0.2) is 4.39 Å². The van der Waals surface area contributed by atoms with E-state index in [0.29, 0.717) is 0 Å². The Morgan fingerprint density at radius 2 is 1.88 bits per heavy atom. The summed E-state index contributed by atoms with van der Waals surface area (Å²) in [5, 5.41) is 0. The third-order valence-electron chi connectivity index (χ3n) is 1.81. The minimum Gasteiger partial charge on any atom is -0.324 e. The minimum atomic E-state index is -4.33. The smallest absolute Gasteiger partial charge is 0.324 e. The van der Waals surface area contributed by atoms with Gasteiger partial charge in [-0.15, -0.1) is 12.4 Å². The lowest BCUT2D eigenvalue weighted by Gasteiger charge is -2.15. The maximum atomic E-state index is 12.7. The van der Waals surface area contributed by atoms with Crippen molar-refractivity contribution in [3.63, 3.8) is 0 Å². The molecule has 0 aliphatic carbocycles. The Hall–Kier alpha value is -0.330. The van der Waals surface area contributed by atoms with E-state index in [0.717, 1.165) is 12.1 Å². The van der Waals surface area contributed by atoms with Crippen molar-refractivity contribution in [3.8, 4) is 0 Å². The molecule has 0 aromatic heterocycles. The second-order valence-corrected chi connectivity index (χ2v) is 3.95. The van der Waals surface area contributed by atoms with Crippen LogP contribution in [0, 0.1) is 5.82 Å². The topological polar surface area (TPSA) is 26.0 Å². The van der Waals surface area contributed by atoms with Crippen molar-refractivity contribution in [1.29, 1.82) is 0 Å². The quantitative estimate of drug-likeness (QED) is 0.819. The fourth-order valence-electron chi connectivity index (χ4n) is 1.16. The molecule has 0 bridgehead atoms. The summed E-state index contributed by atoms with van der Waals surface area (Å²) in [6, 6.07) is 2.23. The van der Waals surface area contributed by atoms with Crippen molar-refractivity contribution in [2.45, 2.75) is 18.6 Å². The van der Waals surface area contributed by atoms with Crippen LogP contribution in [0.2, 0.25) is 0 Å². The Labute approximate surface area is 105 Å². The van der Waals surface area contributed by atoms with Crippen LogP contribution in [0.25, 0.3) is 0 Å². The van der Waals surface area contributed by atoms with E-state index < -0.39 is 24.5 Å². The molecule has 0 saturated heterocycles. The van der Waals surface area contributed by atoms with Crippen molar-refractivity contribution in [3.05, 3.63) is 34.1 Å². The number of hydrogen-bond donors (Lipinski definition) is 1. The van der Waals surface area contributed by atoms with Crippen molar-refractivity contribution < 1.29 is 17.6 Å². The zero-order valence-electron chi connectivity index (χ0n) is 7.89. The second kappa shape index (κ2) is 5.84. The van der Waals surface area contributed by atoms with Gasteiger partial charge in [0.05, 0.1) is 6.42 Å². The molecule has 0 heterocycles. The largest absolute Gasteiger partial charge is 0.390 e. The highest BCUT2D eigenvalue weighted by Gasteiger charge is 2.31. The van der Waals surface area contributed by atoms with Gasteiger partial charge in [-0.05, 0) is 17.7 Å². The van der Waals surface area contributed by atoms with Crippen LogP contribution >= 0.6 is 28.3 Å². The number of benzene rings is 1. The van der Waals surface area contributed by atoms with E-state index in [-0.39, 0.29) is 22.4 Å². The standard InChI is InChI=1S/C9H8BrF4N.ClH/c10-7-3-5(11)1-2-6(7)8(15)4-9(12,13)14;/h1-3,8H,4,15H2;1H/t8-;/m0./s1. The summed E-state index contributed by atoms with van der Waals surface area (Å²) in [5.41, 5.74) is 5.60. The Balaban J connectivity index is 0.00000225. The van der Waals surface area contributed by atoms with Gasteiger partial charge in [0.2, 0.25) is 0 Å². The lowest BCUT2D eigenvalue weighted by Crippen LogP contribution is -2.20. The Morgan fingerprint density at radius 3 is 2.31 bits per heavy atom. The van der Waals surface area contributed by atoms with Gasteiger partial charge in [-0.1, -0.05) is 22.0 Å². The highest BCUT2D eigenvalue weighted by atomic mass is 79.9. The van der Waals surface area contributed by atoms with E-state index in [1.807, 2.05) is 0 Å². The summed E-state index contributed by atoms with van der Waals surface area (Å²) in [4.78, 5) is 0. The van der Waals surface area contributed by atoms with Gasteiger partial charge in [-0.3, -0.25) is 0 Å². The molecule has 1 rings (SSSR count). The normalized spacial score (nSPS) is 13.1. The molecule has 92 valence electrons. The molecule has 0 amide bonds. The van der Waals surface area contributed by atoms with Crippen LogP contribution in [0.15, 0.2) is 22.7 Å². The van der Waals surface area contributed by atoms with Crippen LogP contribution in [0.1, 0.15) is 18.0 Å². The van der Waals surface area contributed by atoms with Crippen molar-refractivity contribution in [2.24, 2.45) is 5.73 Å². The van der Waals surface area contributed by atoms with Crippen LogP contribution in [0.4, 0.5) is 17.6 Å². The molecule has 0 radical (unpaired) electrons. The molecule has 1 nitrogen and oxygen atoms in total. The Kier molecular flexibility index (Phi) is 5.72. The number of halogens is 6. The van der Waals surface area contributed by atoms with E-state index in [2.05, 4.69) is 15.9 Å². The monoisotopic (exact) mass is 321 g/mol. The fraction of sp³-hybridized carbons (Fsp3) is 0.333. The molecule has 1 aromatic rings. The van der Waals surface area contributed by atoms with Crippen LogP contribution in [0.5, 0.6) is 0 Å². The number of rotatable bonds is 2. The summed E-state index contributed by atoms with van der Waals surface area (Å²) in [5.74, 6) is -0.523. The molecule has 0 unspecified atom stereocenters. The number of alkyl halides is 3. The molecule has 0 aliphatic heterocycles. The summed E-state index contributed by atoms with van der Waals surface area (Å²) >= 11 is 2.97. The summed E-state index contributed by atoms with van der Waals surface area (Å²) in [6.07, 6.45) is -5.45. The van der Waals surface area contributed by atoms with Gasteiger partial charge < -0.3 is 5.73 Å². The number of hydrogen-bond acceptors (Lipinski definition) is 1. The Morgan fingerprint density at radius 1 is 1.31 bits per heavy atom. The predicted molar refractivity (Wildman–Crippen MR) is 58.9 cm³/mol. The third-order valence-corrected chi connectivity index (χ3v) is 2.50. The first-order valence-corrected chi connectivity index (χ1v) is 4.86. The first kappa shape index (κ1) is 15.7. The molecular formula is C9H9BrClF4N. The molecule has 0 fully saturated rings. The van der Waals surface area contributed by atoms with Gasteiger partial charge >= 0.3 is 6.18 Å². The van der Waals surface area contributed by atoms with Gasteiger partial charge in [-0.2, -0.15) is 13.2 Å². The minimum absolute atomic E-state index is 0. The van der Waals surface area contributed by atoms with Gasteiger partial charge in [0.15, 0.2) is 0 Å². The summed E-state index contributed by atoms with van der Waals surface area (Å²) < 4.78 is 49.0. The first-order chi connectivity index (χ1) is 6.79. The Bertz CT molecular complexity index is 356. The van der Waals surface area contributed by atoms with Crippen LogP contribution in [-0.4, -0.2) is 6.18 Å².